The van der Waals surface area contributed by atoms with E-state index >= 15 is 0 Å². The van der Waals surface area contributed by atoms with Crippen LogP contribution < -0.4 is 0 Å². The second-order valence-corrected chi connectivity index (χ2v) is 12.6. The predicted molar refractivity (Wildman–Crippen MR) is 149 cm³/mol. The number of carbonyl (C=O) groups excluding carboxylic acids is 1. The highest BCUT2D eigenvalue weighted by Crippen LogP contribution is 2.46. The molecule has 1 aliphatic heterocycles. The topological polar surface area (TPSA) is 48.1 Å². The normalized spacial score (nSPS) is 37.0. The molecule has 0 radical (unpaired) electrons. The van der Waals surface area contributed by atoms with E-state index in [1.165, 1.54) is 77.0 Å². The first-order valence-electron chi connectivity index (χ1n) is 13.0. The highest BCUT2D eigenvalue weighted by atomic mass is 127. The predicted octanol–water partition coefficient (Wildman–Crippen LogP) is 8.86. The van der Waals surface area contributed by atoms with Crippen LogP contribution in [0.25, 0.3) is 0 Å². The Hall–Kier alpha value is 1.33. The van der Waals surface area contributed by atoms with Crippen molar-refractivity contribution in [2.75, 3.05) is 0 Å². The minimum absolute atomic E-state index is 0.0197. The molecule has 186 valence electrons. The molecule has 1 heterocycles. The van der Waals surface area contributed by atoms with E-state index in [0.717, 1.165) is 38.0 Å². The number of hydrogen-bond donors (Lipinski definition) is 0. The molecule has 3 fully saturated rings. The van der Waals surface area contributed by atoms with Gasteiger partial charge in [0.2, 0.25) is 0 Å². The molecule has 0 N–H and O–H groups in total. The third-order valence-corrected chi connectivity index (χ3v) is 9.92. The Morgan fingerprint density at radius 3 is 1.94 bits per heavy atom. The van der Waals surface area contributed by atoms with Gasteiger partial charge in [0.25, 0.3) is 0 Å². The van der Waals surface area contributed by atoms with Crippen LogP contribution in [0.4, 0.5) is 0 Å². The van der Waals surface area contributed by atoms with E-state index in [2.05, 4.69) is 15.9 Å². The number of epoxide rings is 1. The molecular weight excluding hydrogens is 698 g/mol. The Kier molecular flexibility index (Phi) is 13.5. The largest absolute Gasteiger partial charge is 0.394 e. The first-order chi connectivity index (χ1) is 15.6. The molecular formula is C25H41BrI2O4. The van der Waals surface area contributed by atoms with Gasteiger partial charge in [0.1, 0.15) is 29.1 Å². The Morgan fingerprint density at radius 1 is 0.750 bits per heavy atom. The van der Waals surface area contributed by atoms with E-state index in [9.17, 15) is 4.79 Å². The molecule has 0 aromatic rings. The molecule has 7 heteroatoms. The van der Waals surface area contributed by atoms with Crippen molar-refractivity contribution >= 4 is 67.9 Å². The monoisotopic (exact) mass is 738 g/mol. The fourth-order valence-corrected chi connectivity index (χ4v) is 7.80. The van der Waals surface area contributed by atoms with Crippen molar-refractivity contribution in [1.82, 2.24) is 0 Å². The zero-order valence-corrected chi connectivity index (χ0v) is 25.2. The molecule has 6 atom stereocenters. The van der Waals surface area contributed by atoms with Gasteiger partial charge in [0.15, 0.2) is 29.3 Å². The van der Waals surface area contributed by atoms with E-state index < -0.39 is 0 Å². The molecule has 0 aromatic heterocycles. The minimum Gasteiger partial charge on any atom is -0.394 e. The van der Waals surface area contributed by atoms with Crippen LogP contribution in [0.15, 0.2) is 0 Å². The quantitative estimate of drug-likeness (QED) is 0.164. The van der Waals surface area contributed by atoms with Crippen molar-refractivity contribution in [3.63, 3.8) is 0 Å². The zero-order chi connectivity index (χ0) is 22.8. The van der Waals surface area contributed by atoms with Crippen LogP contribution in [-0.4, -0.2) is 23.2 Å². The Labute approximate surface area is 231 Å². The summed E-state index contributed by atoms with van der Waals surface area (Å²) in [5.41, 5.74) is 0. The summed E-state index contributed by atoms with van der Waals surface area (Å²) in [6.07, 6.45) is 21.9. The number of carbonyl (C=O) groups is 1. The van der Waals surface area contributed by atoms with Gasteiger partial charge in [-0.15, -0.1) is 0 Å². The van der Waals surface area contributed by atoms with Crippen molar-refractivity contribution in [3.05, 3.63) is 0 Å². The summed E-state index contributed by atoms with van der Waals surface area (Å²) < 4.78 is 16.7. The van der Waals surface area contributed by atoms with Crippen molar-refractivity contribution in [2.24, 2.45) is 23.7 Å². The molecule has 4 nitrogen and oxygen atoms in total. The third-order valence-electron chi connectivity index (χ3n) is 8.15. The summed E-state index contributed by atoms with van der Waals surface area (Å²) in [6.45, 7) is 0. The fraction of sp³-hybridized carbons (Fsp3) is 0.960. The zero-order valence-electron chi connectivity index (χ0n) is 19.3. The van der Waals surface area contributed by atoms with Gasteiger partial charge in [-0.1, -0.05) is 93.0 Å². The van der Waals surface area contributed by atoms with Gasteiger partial charge in [-0.2, -0.15) is 0 Å². The van der Waals surface area contributed by atoms with Crippen LogP contribution in [0.1, 0.15) is 109 Å². The number of hydrogen-bond acceptors (Lipinski definition) is 4. The highest BCUT2D eigenvalue weighted by molar-refractivity contribution is 14.1. The smallest absolute Gasteiger partial charge is 0.318 e. The van der Waals surface area contributed by atoms with Gasteiger partial charge in [-0.05, 0) is 49.9 Å². The summed E-state index contributed by atoms with van der Waals surface area (Å²) in [5.74, 6) is 2.06. The first kappa shape index (κ1) is 27.9. The molecule has 32 heavy (non-hydrogen) atoms. The molecule has 0 spiro atoms. The molecule has 5 unspecified atom stereocenters. The fourth-order valence-electron chi connectivity index (χ4n) is 6.32. The van der Waals surface area contributed by atoms with E-state index in [1.807, 2.05) is 23.0 Å². The maximum absolute atomic E-state index is 12.3. The maximum Gasteiger partial charge on any atom is 0.318 e. The number of ether oxygens (including phenoxy) is 1. The molecule has 0 amide bonds. The van der Waals surface area contributed by atoms with Crippen molar-refractivity contribution in [2.45, 2.75) is 126 Å². The molecule has 2 aliphatic carbocycles. The van der Waals surface area contributed by atoms with E-state index in [0.29, 0.717) is 16.7 Å². The van der Waals surface area contributed by atoms with Crippen LogP contribution >= 0.6 is 61.9 Å². The van der Waals surface area contributed by atoms with E-state index in [4.69, 9.17) is 10.9 Å². The number of alkyl halides is 1. The van der Waals surface area contributed by atoms with Crippen LogP contribution in [0.2, 0.25) is 0 Å². The summed E-state index contributed by atoms with van der Waals surface area (Å²) in [5, 5.41) is 0. The van der Waals surface area contributed by atoms with Crippen LogP contribution in [0, 0.1) is 23.7 Å². The van der Waals surface area contributed by atoms with Gasteiger partial charge < -0.3 is 7.80 Å². The molecule has 3 rings (SSSR count). The van der Waals surface area contributed by atoms with E-state index in [-0.39, 0.29) is 24.3 Å². The lowest BCUT2D eigenvalue weighted by atomic mass is 9.71. The lowest BCUT2D eigenvalue weighted by molar-refractivity contribution is -0.136. The van der Waals surface area contributed by atoms with Gasteiger partial charge in [0.05, 0.1) is 5.92 Å². The van der Waals surface area contributed by atoms with Crippen LogP contribution in [-0.2, 0) is 15.7 Å². The Balaban J connectivity index is 1.73. The molecule has 2 saturated carbocycles. The SMILES string of the molecule is O=C(OI)C1CCCCC(C2CCCCCCCCCC2)[C@H](C2OC2OI)CCC(Br)C1. The molecule has 0 aromatic carbocycles. The standard InChI is InChI=1S/C25H41BrI2O4/c26-20-15-16-22(23-25(30-23)32-28)21(14-10-9-13-19(17-20)24(29)31-27)18-11-7-5-3-1-2-4-6-8-12-18/h18-23,25H,1-17H2/t19?,20?,21?,22-,23?,25?/m1/s1. The number of rotatable bonds is 4. The lowest BCUT2D eigenvalue weighted by Crippen LogP contribution is -2.29. The van der Waals surface area contributed by atoms with Gasteiger partial charge in [-0.25, -0.2) is 0 Å². The van der Waals surface area contributed by atoms with Gasteiger partial charge >= 0.3 is 5.97 Å². The molecule has 1 saturated heterocycles. The van der Waals surface area contributed by atoms with E-state index in [1.54, 1.807) is 23.0 Å². The van der Waals surface area contributed by atoms with Crippen LogP contribution in [0.5, 0.6) is 0 Å². The van der Waals surface area contributed by atoms with Gasteiger partial charge in [0, 0.05) is 4.83 Å². The maximum atomic E-state index is 12.3. The highest BCUT2D eigenvalue weighted by Gasteiger charge is 2.49. The molecule has 0 bridgehead atoms. The number of halogens is 3. The van der Waals surface area contributed by atoms with Crippen molar-refractivity contribution in [1.29, 1.82) is 0 Å². The average Bonchev–Trinajstić information content (AvgIpc) is 3.58. The summed E-state index contributed by atoms with van der Waals surface area (Å²) >= 11 is 7.66. The van der Waals surface area contributed by atoms with Crippen LogP contribution in [0.3, 0.4) is 0 Å². The van der Waals surface area contributed by atoms with Crippen molar-refractivity contribution < 1.29 is 15.7 Å². The Bertz CT molecular complexity index is 540. The first-order valence-corrected chi connectivity index (χ1v) is 15.7. The summed E-state index contributed by atoms with van der Waals surface area (Å²) in [6, 6.07) is 0. The minimum atomic E-state index is -0.0466. The Morgan fingerprint density at radius 2 is 1.34 bits per heavy atom. The van der Waals surface area contributed by atoms with Gasteiger partial charge in [-0.3, -0.25) is 7.86 Å². The second kappa shape index (κ2) is 15.4. The average molecular weight is 739 g/mol. The molecule has 3 aliphatic rings. The van der Waals surface area contributed by atoms with Crippen molar-refractivity contribution in [3.8, 4) is 0 Å². The summed E-state index contributed by atoms with van der Waals surface area (Å²) in [4.78, 5) is 12.7. The lowest BCUT2D eigenvalue weighted by Gasteiger charge is -2.34. The third kappa shape index (κ3) is 9.08. The second-order valence-electron chi connectivity index (χ2n) is 10.3. The summed E-state index contributed by atoms with van der Waals surface area (Å²) in [7, 11) is 0.